The number of hydrogen-bond donors (Lipinski definition) is 1. The van der Waals surface area contributed by atoms with Gasteiger partial charge in [0.2, 0.25) is 0 Å². The largest absolute Gasteiger partial charge is 0.481 e. The summed E-state index contributed by atoms with van der Waals surface area (Å²) in [5, 5.41) is 8.40. The zero-order chi connectivity index (χ0) is 9.40. The highest BCUT2D eigenvalue weighted by Gasteiger charge is 1.95. The quantitative estimate of drug-likeness (QED) is 0.622. The van der Waals surface area contributed by atoms with Crippen LogP contribution in [0.1, 0.15) is 46.0 Å². The zero-order valence-electron chi connectivity index (χ0n) is 7.97. The van der Waals surface area contributed by atoms with Crippen molar-refractivity contribution in [1.29, 1.82) is 0 Å². The molecular formula is C10H18O2. The molecule has 2 heteroatoms. The second kappa shape index (κ2) is 6.89. The number of aliphatic carboxylic acids is 1. The Kier molecular flexibility index (Phi) is 6.44. The second-order valence-electron chi connectivity index (χ2n) is 2.90. The molecule has 0 aliphatic heterocycles. The van der Waals surface area contributed by atoms with Gasteiger partial charge in [-0.1, -0.05) is 31.9 Å². The van der Waals surface area contributed by atoms with Gasteiger partial charge in [0.05, 0.1) is 0 Å². The molecule has 70 valence electrons. The predicted octanol–water partition coefficient (Wildman–Crippen LogP) is 2.99. The fourth-order valence-electron chi connectivity index (χ4n) is 1.14. The molecule has 1 N–H and O–H groups in total. The Morgan fingerprint density at radius 1 is 1.33 bits per heavy atom. The first-order valence-electron chi connectivity index (χ1n) is 4.60. The third kappa shape index (κ3) is 5.96. The summed E-state index contributed by atoms with van der Waals surface area (Å²) in [6.45, 7) is 4.25. The third-order valence-corrected chi connectivity index (χ3v) is 1.82. The van der Waals surface area contributed by atoms with Crippen LogP contribution >= 0.6 is 0 Å². The van der Waals surface area contributed by atoms with Crippen molar-refractivity contribution in [1.82, 2.24) is 0 Å². The van der Waals surface area contributed by atoms with Crippen molar-refractivity contribution in [2.24, 2.45) is 0 Å². The van der Waals surface area contributed by atoms with Gasteiger partial charge in [-0.2, -0.15) is 0 Å². The summed E-state index contributed by atoms with van der Waals surface area (Å²) in [5.74, 6) is -0.710. The maximum Gasteiger partial charge on any atom is 0.303 e. The van der Waals surface area contributed by atoms with Crippen LogP contribution in [0.4, 0.5) is 0 Å². The molecule has 0 spiro atoms. The maximum atomic E-state index is 10.2. The predicted molar refractivity (Wildman–Crippen MR) is 50.2 cm³/mol. The average molecular weight is 170 g/mol. The molecule has 0 unspecified atom stereocenters. The first-order chi connectivity index (χ1) is 5.70. The van der Waals surface area contributed by atoms with Crippen molar-refractivity contribution in [2.75, 3.05) is 0 Å². The molecule has 0 aromatic carbocycles. The number of carboxylic acids is 1. The van der Waals surface area contributed by atoms with Crippen LogP contribution in [-0.2, 0) is 4.79 Å². The molecule has 0 fully saturated rings. The maximum absolute atomic E-state index is 10.2. The Morgan fingerprint density at radius 2 is 2.00 bits per heavy atom. The van der Waals surface area contributed by atoms with E-state index in [1.165, 1.54) is 5.57 Å². The highest BCUT2D eigenvalue weighted by Crippen LogP contribution is 2.10. The van der Waals surface area contributed by atoms with Gasteiger partial charge < -0.3 is 5.11 Å². The average Bonchev–Trinajstić information content (AvgIpc) is 2.02. The first kappa shape index (κ1) is 11.2. The summed E-state index contributed by atoms with van der Waals surface area (Å²) < 4.78 is 0. The van der Waals surface area contributed by atoms with Crippen molar-refractivity contribution >= 4 is 5.97 Å². The summed E-state index contributed by atoms with van der Waals surface area (Å²) in [4.78, 5) is 10.2. The molecule has 0 aliphatic carbocycles. The topological polar surface area (TPSA) is 37.3 Å². The fraction of sp³-hybridized carbons (Fsp3) is 0.700. The molecule has 12 heavy (non-hydrogen) atoms. The molecule has 0 aromatic heterocycles. The van der Waals surface area contributed by atoms with Crippen LogP contribution in [0.5, 0.6) is 0 Å². The summed E-state index contributed by atoms with van der Waals surface area (Å²) in [5.41, 5.74) is 1.39. The minimum Gasteiger partial charge on any atom is -0.481 e. The van der Waals surface area contributed by atoms with Gasteiger partial charge in [-0.3, -0.25) is 4.79 Å². The standard InChI is InChI=1S/C10H18O2/c1-3-6-9(4-2)7-5-8-10(11)12/h7H,3-6,8H2,1-2H3,(H,11,12)/b9-7+. The molecule has 0 heterocycles. The lowest BCUT2D eigenvalue weighted by Crippen LogP contribution is -1.92. The monoisotopic (exact) mass is 170 g/mol. The number of hydrogen-bond acceptors (Lipinski definition) is 1. The molecular weight excluding hydrogens is 152 g/mol. The van der Waals surface area contributed by atoms with Gasteiger partial charge in [0.1, 0.15) is 0 Å². The van der Waals surface area contributed by atoms with Gasteiger partial charge in [-0.05, 0) is 19.3 Å². The summed E-state index contributed by atoms with van der Waals surface area (Å²) in [6.07, 6.45) is 6.31. The van der Waals surface area contributed by atoms with Crippen molar-refractivity contribution in [2.45, 2.75) is 46.0 Å². The van der Waals surface area contributed by atoms with Crippen molar-refractivity contribution in [3.63, 3.8) is 0 Å². The molecule has 0 aliphatic rings. The Balaban J connectivity index is 3.69. The Bertz CT molecular complexity index is 159. The van der Waals surface area contributed by atoms with Gasteiger partial charge in [-0.15, -0.1) is 0 Å². The number of carboxylic acid groups (broad SMARTS) is 1. The molecule has 0 amide bonds. The molecule has 0 atom stereocenters. The van der Waals surface area contributed by atoms with E-state index in [0.29, 0.717) is 6.42 Å². The smallest absolute Gasteiger partial charge is 0.303 e. The summed E-state index contributed by atoms with van der Waals surface area (Å²) >= 11 is 0. The minimum atomic E-state index is -0.710. The highest BCUT2D eigenvalue weighted by atomic mass is 16.4. The van der Waals surface area contributed by atoms with Crippen LogP contribution in [0.2, 0.25) is 0 Å². The Hall–Kier alpha value is -0.790. The zero-order valence-corrected chi connectivity index (χ0v) is 7.97. The van der Waals surface area contributed by atoms with E-state index in [0.717, 1.165) is 19.3 Å². The van der Waals surface area contributed by atoms with Gasteiger partial charge >= 0.3 is 5.97 Å². The normalized spacial score (nSPS) is 11.7. The van der Waals surface area contributed by atoms with Gasteiger partial charge in [0.25, 0.3) is 0 Å². The van der Waals surface area contributed by atoms with E-state index in [9.17, 15) is 4.79 Å². The van der Waals surface area contributed by atoms with Crippen LogP contribution in [0.3, 0.4) is 0 Å². The van der Waals surface area contributed by atoms with Gasteiger partial charge in [-0.25, -0.2) is 0 Å². The molecule has 0 saturated heterocycles. The Labute approximate surface area is 74.3 Å². The fourth-order valence-corrected chi connectivity index (χ4v) is 1.14. The molecule has 0 saturated carbocycles. The van der Waals surface area contributed by atoms with E-state index in [-0.39, 0.29) is 6.42 Å². The third-order valence-electron chi connectivity index (χ3n) is 1.82. The molecule has 2 nitrogen and oxygen atoms in total. The van der Waals surface area contributed by atoms with Crippen LogP contribution in [0, 0.1) is 0 Å². The highest BCUT2D eigenvalue weighted by molar-refractivity contribution is 5.66. The number of carbonyl (C=O) groups is 1. The van der Waals surface area contributed by atoms with Crippen molar-refractivity contribution < 1.29 is 9.90 Å². The van der Waals surface area contributed by atoms with Crippen molar-refractivity contribution in [3.05, 3.63) is 11.6 Å². The lowest BCUT2D eigenvalue weighted by atomic mass is 10.1. The lowest BCUT2D eigenvalue weighted by Gasteiger charge is -2.00. The molecule has 0 bridgehead atoms. The molecule has 0 rings (SSSR count). The number of allylic oxidation sites excluding steroid dienone is 2. The van der Waals surface area contributed by atoms with E-state index in [1.54, 1.807) is 0 Å². The summed E-state index contributed by atoms with van der Waals surface area (Å²) in [7, 11) is 0. The molecule has 0 aromatic rings. The van der Waals surface area contributed by atoms with Gasteiger partial charge in [0, 0.05) is 6.42 Å². The van der Waals surface area contributed by atoms with Crippen LogP contribution < -0.4 is 0 Å². The van der Waals surface area contributed by atoms with Crippen LogP contribution in [-0.4, -0.2) is 11.1 Å². The lowest BCUT2D eigenvalue weighted by molar-refractivity contribution is -0.136. The van der Waals surface area contributed by atoms with Crippen LogP contribution in [0.15, 0.2) is 11.6 Å². The minimum absolute atomic E-state index is 0.257. The van der Waals surface area contributed by atoms with Gasteiger partial charge in [0.15, 0.2) is 0 Å². The van der Waals surface area contributed by atoms with E-state index in [1.807, 2.05) is 0 Å². The van der Waals surface area contributed by atoms with Crippen molar-refractivity contribution in [3.8, 4) is 0 Å². The Morgan fingerprint density at radius 3 is 2.42 bits per heavy atom. The number of rotatable bonds is 6. The van der Waals surface area contributed by atoms with E-state index >= 15 is 0 Å². The van der Waals surface area contributed by atoms with Crippen LogP contribution in [0.25, 0.3) is 0 Å². The molecule has 0 radical (unpaired) electrons. The first-order valence-corrected chi connectivity index (χ1v) is 4.60. The SMILES string of the molecule is CCC/C(=C/CCC(=O)O)CC. The van der Waals surface area contributed by atoms with E-state index < -0.39 is 5.97 Å². The van der Waals surface area contributed by atoms with E-state index in [4.69, 9.17) is 5.11 Å². The second-order valence-corrected chi connectivity index (χ2v) is 2.90. The summed E-state index contributed by atoms with van der Waals surface area (Å²) in [6, 6.07) is 0. The van der Waals surface area contributed by atoms with E-state index in [2.05, 4.69) is 19.9 Å².